The van der Waals surface area contributed by atoms with E-state index in [-0.39, 0.29) is 11.4 Å². The molecule has 4 aromatic rings. The lowest BCUT2D eigenvalue weighted by Gasteiger charge is -2.38. The molecule has 0 atom stereocenters. The molecule has 6 nitrogen and oxygen atoms in total. The summed E-state index contributed by atoms with van der Waals surface area (Å²) >= 11 is 0. The molecule has 0 amide bonds. The van der Waals surface area contributed by atoms with E-state index in [9.17, 15) is 5.26 Å². The zero-order chi connectivity index (χ0) is 19.1. The average Bonchev–Trinajstić information content (AvgIpc) is 3.11. The fourth-order valence-electron chi connectivity index (χ4n) is 3.80. The highest BCUT2D eigenvalue weighted by molar-refractivity contribution is 5.85. The lowest BCUT2D eigenvalue weighted by molar-refractivity contribution is 0.253. The summed E-state index contributed by atoms with van der Waals surface area (Å²) in [5, 5.41) is 10.1. The normalized spacial score (nSPS) is 15.1. The third-order valence-corrected chi connectivity index (χ3v) is 5.51. The molecule has 3 aromatic heterocycles. The lowest BCUT2D eigenvalue weighted by Crippen LogP contribution is -2.43. The lowest BCUT2D eigenvalue weighted by atomic mass is 9.73. The number of rotatable bonds is 3. The van der Waals surface area contributed by atoms with Crippen molar-refractivity contribution in [1.29, 1.82) is 5.26 Å². The van der Waals surface area contributed by atoms with Crippen LogP contribution < -0.4 is 5.73 Å². The molecule has 3 heterocycles. The van der Waals surface area contributed by atoms with Gasteiger partial charge in [0.25, 0.3) is 0 Å². The van der Waals surface area contributed by atoms with Crippen molar-refractivity contribution in [2.45, 2.75) is 24.8 Å². The Bertz CT molecular complexity index is 1200. The van der Waals surface area contributed by atoms with Gasteiger partial charge in [0.05, 0.1) is 11.4 Å². The van der Waals surface area contributed by atoms with Gasteiger partial charge in [-0.25, -0.2) is 9.97 Å². The first-order chi connectivity index (χ1) is 13.7. The number of hydrogen-bond donors (Lipinski definition) is 1. The molecule has 2 N–H and O–H groups in total. The maximum absolute atomic E-state index is 9.23. The van der Waals surface area contributed by atoms with Crippen LogP contribution in [-0.2, 0) is 5.54 Å². The van der Waals surface area contributed by atoms with Crippen LogP contribution in [0.15, 0.2) is 60.9 Å². The Hall–Kier alpha value is -3.56. The van der Waals surface area contributed by atoms with E-state index in [2.05, 4.69) is 39.2 Å². The summed E-state index contributed by atoms with van der Waals surface area (Å²) in [4.78, 5) is 13.1. The van der Waals surface area contributed by atoms with Crippen LogP contribution in [-0.4, -0.2) is 19.5 Å². The van der Waals surface area contributed by atoms with E-state index in [1.807, 2.05) is 34.9 Å². The molecule has 5 rings (SSSR count). The molecule has 0 unspecified atom stereocenters. The zero-order valence-corrected chi connectivity index (χ0v) is 15.2. The highest BCUT2D eigenvalue weighted by atomic mass is 15.1. The molecule has 0 spiro atoms. The third-order valence-electron chi connectivity index (χ3n) is 5.51. The van der Waals surface area contributed by atoms with Gasteiger partial charge in [0.2, 0.25) is 5.82 Å². The van der Waals surface area contributed by atoms with Crippen LogP contribution in [0.3, 0.4) is 0 Å². The smallest absolute Gasteiger partial charge is 0.234 e. The van der Waals surface area contributed by atoms with Crippen molar-refractivity contribution in [2.75, 3.05) is 0 Å². The van der Waals surface area contributed by atoms with E-state index in [0.717, 1.165) is 40.9 Å². The Morgan fingerprint density at radius 1 is 1.07 bits per heavy atom. The molecular formula is C22H18N6. The van der Waals surface area contributed by atoms with Crippen molar-refractivity contribution in [3.63, 3.8) is 0 Å². The number of benzene rings is 1. The van der Waals surface area contributed by atoms with Crippen LogP contribution in [0.25, 0.3) is 28.1 Å². The van der Waals surface area contributed by atoms with Crippen molar-refractivity contribution < 1.29 is 0 Å². The SMILES string of the molecule is N#Cc1ncc2cc(-c3ccccn3)n(-c3ccc(C4(N)CCC4)cc3)c2n1. The summed E-state index contributed by atoms with van der Waals surface area (Å²) in [6.07, 6.45) is 6.68. The van der Waals surface area contributed by atoms with Gasteiger partial charge >= 0.3 is 0 Å². The molecule has 0 bridgehead atoms. The minimum absolute atomic E-state index is 0.145. The number of nitriles is 1. The molecular weight excluding hydrogens is 348 g/mol. The maximum Gasteiger partial charge on any atom is 0.234 e. The number of hydrogen-bond acceptors (Lipinski definition) is 5. The summed E-state index contributed by atoms with van der Waals surface area (Å²) in [6.45, 7) is 0. The van der Waals surface area contributed by atoms with Crippen LogP contribution in [0, 0.1) is 11.3 Å². The Kier molecular flexibility index (Phi) is 3.71. The quantitative estimate of drug-likeness (QED) is 0.597. The molecule has 136 valence electrons. The summed E-state index contributed by atoms with van der Waals surface area (Å²) < 4.78 is 2.02. The van der Waals surface area contributed by atoms with Gasteiger partial charge in [-0.15, -0.1) is 0 Å². The first kappa shape index (κ1) is 16.6. The molecule has 0 radical (unpaired) electrons. The minimum Gasteiger partial charge on any atom is -0.321 e. The van der Waals surface area contributed by atoms with E-state index in [4.69, 9.17) is 5.73 Å². The van der Waals surface area contributed by atoms with E-state index in [1.54, 1.807) is 12.4 Å². The largest absolute Gasteiger partial charge is 0.321 e. The van der Waals surface area contributed by atoms with Gasteiger partial charge in [-0.2, -0.15) is 5.26 Å². The van der Waals surface area contributed by atoms with Crippen LogP contribution in [0.5, 0.6) is 0 Å². The molecule has 0 saturated heterocycles. The maximum atomic E-state index is 9.23. The number of pyridine rings is 1. The highest BCUT2D eigenvalue weighted by Crippen LogP contribution is 2.39. The van der Waals surface area contributed by atoms with Gasteiger partial charge < -0.3 is 5.73 Å². The van der Waals surface area contributed by atoms with Crippen molar-refractivity contribution >= 4 is 11.0 Å². The van der Waals surface area contributed by atoms with E-state index in [0.29, 0.717) is 5.65 Å². The van der Waals surface area contributed by atoms with Crippen LogP contribution in [0.2, 0.25) is 0 Å². The van der Waals surface area contributed by atoms with Gasteiger partial charge in [0.15, 0.2) is 0 Å². The fourth-order valence-corrected chi connectivity index (χ4v) is 3.80. The van der Waals surface area contributed by atoms with E-state index >= 15 is 0 Å². The number of nitrogens with two attached hydrogens (primary N) is 1. The Morgan fingerprint density at radius 3 is 2.54 bits per heavy atom. The topological polar surface area (TPSA) is 93.4 Å². The predicted molar refractivity (Wildman–Crippen MR) is 107 cm³/mol. The molecule has 1 saturated carbocycles. The van der Waals surface area contributed by atoms with Crippen molar-refractivity contribution in [3.05, 3.63) is 72.3 Å². The molecule has 1 aliphatic carbocycles. The summed E-state index contributed by atoms with van der Waals surface area (Å²) in [5.41, 5.74) is 10.8. The van der Waals surface area contributed by atoms with Crippen molar-refractivity contribution in [2.24, 2.45) is 5.73 Å². The first-order valence-corrected chi connectivity index (χ1v) is 9.28. The summed E-state index contributed by atoms with van der Waals surface area (Å²) in [7, 11) is 0. The second kappa shape index (κ2) is 6.25. The summed E-state index contributed by atoms with van der Waals surface area (Å²) in [5.74, 6) is 0.145. The van der Waals surface area contributed by atoms with Crippen molar-refractivity contribution in [3.8, 4) is 23.1 Å². The monoisotopic (exact) mass is 366 g/mol. The standard InChI is InChI=1S/C22H18N6/c23-13-20-26-14-15-12-19(18-4-1-2-11-25-18)28(21(15)27-20)17-7-5-16(6-8-17)22(24)9-3-10-22/h1-2,4-8,11-12,14H,3,9-10,24H2. The van der Waals surface area contributed by atoms with Crippen LogP contribution in [0.1, 0.15) is 30.7 Å². The average molecular weight is 366 g/mol. The van der Waals surface area contributed by atoms with Gasteiger partial charge in [-0.3, -0.25) is 9.55 Å². The third kappa shape index (κ3) is 2.56. The first-order valence-electron chi connectivity index (χ1n) is 9.28. The minimum atomic E-state index is -0.197. The van der Waals surface area contributed by atoms with Gasteiger partial charge in [-0.1, -0.05) is 18.2 Å². The second-order valence-electron chi connectivity index (χ2n) is 7.22. The molecule has 6 heteroatoms. The summed E-state index contributed by atoms with van der Waals surface area (Å²) in [6, 6.07) is 18.1. The van der Waals surface area contributed by atoms with E-state index in [1.165, 1.54) is 6.42 Å². The number of aromatic nitrogens is 4. The molecule has 1 aromatic carbocycles. The highest BCUT2D eigenvalue weighted by Gasteiger charge is 2.34. The molecule has 1 aliphatic rings. The number of nitrogens with zero attached hydrogens (tertiary/aromatic N) is 5. The van der Waals surface area contributed by atoms with Gasteiger partial charge in [-0.05, 0) is 55.2 Å². The Morgan fingerprint density at radius 2 is 1.89 bits per heavy atom. The second-order valence-corrected chi connectivity index (χ2v) is 7.22. The van der Waals surface area contributed by atoms with Gasteiger partial charge in [0, 0.05) is 29.0 Å². The van der Waals surface area contributed by atoms with E-state index < -0.39 is 0 Å². The molecule has 28 heavy (non-hydrogen) atoms. The Labute approximate surface area is 162 Å². The predicted octanol–water partition coefficient (Wildman–Crippen LogP) is 3.69. The number of fused-ring (bicyclic) bond motifs is 1. The van der Waals surface area contributed by atoms with Gasteiger partial charge in [0.1, 0.15) is 11.7 Å². The zero-order valence-electron chi connectivity index (χ0n) is 15.2. The van der Waals surface area contributed by atoms with Crippen LogP contribution in [0.4, 0.5) is 0 Å². The van der Waals surface area contributed by atoms with Crippen LogP contribution >= 0.6 is 0 Å². The molecule has 0 aliphatic heterocycles. The fraction of sp³-hybridized carbons (Fsp3) is 0.182. The molecule has 1 fully saturated rings. The Balaban J connectivity index is 1.71. The van der Waals surface area contributed by atoms with Crippen molar-refractivity contribution in [1.82, 2.24) is 19.5 Å².